The summed E-state index contributed by atoms with van der Waals surface area (Å²) in [4.78, 5) is 10.5. The highest BCUT2D eigenvalue weighted by Crippen LogP contribution is 2.28. The highest BCUT2D eigenvalue weighted by molar-refractivity contribution is 5.67. The zero-order chi connectivity index (χ0) is 14.7. The van der Waals surface area contributed by atoms with E-state index in [4.69, 9.17) is 10.2 Å². The summed E-state index contributed by atoms with van der Waals surface area (Å²) in [5.74, 6) is -0.764. The molecule has 1 aromatic carbocycles. The van der Waals surface area contributed by atoms with Crippen molar-refractivity contribution in [1.82, 2.24) is 9.78 Å². The van der Waals surface area contributed by atoms with Gasteiger partial charge in [-0.1, -0.05) is 24.3 Å². The molecule has 21 heavy (non-hydrogen) atoms. The molecule has 2 aromatic rings. The molecule has 0 fully saturated rings. The van der Waals surface area contributed by atoms with Crippen molar-refractivity contribution in [2.45, 2.75) is 32.1 Å². The molecule has 1 heterocycles. The molecule has 0 saturated carbocycles. The third-order valence-electron chi connectivity index (χ3n) is 3.76. The van der Waals surface area contributed by atoms with E-state index < -0.39 is 5.97 Å². The van der Waals surface area contributed by atoms with E-state index in [-0.39, 0.29) is 6.42 Å². The summed E-state index contributed by atoms with van der Waals surface area (Å²) < 4.78 is 2.03. The fourth-order valence-corrected chi connectivity index (χ4v) is 2.78. The average molecular weight is 282 g/mol. The summed E-state index contributed by atoms with van der Waals surface area (Å²) >= 11 is 0. The van der Waals surface area contributed by atoms with E-state index in [0.29, 0.717) is 6.42 Å². The fourth-order valence-electron chi connectivity index (χ4n) is 2.78. The topological polar surface area (TPSA) is 55.1 Å². The molecule has 0 atom stereocenters. The molecule has 0 unspecified atom stereocenters. The highest BCUT2D eigenvalue weighted by atomic mass is 16.4. The molecule has 1 aromatic heterocycles. The van der Waals surface area contributed by atoms with Gasteiger partial charge in [0.2, 0.25) is 0 Å². The molecule has 1 aliphatic carbocycles. The van der Waals surface area contributed by atoms with Crippen LogP contribution in [0.25, 0.3) is 11.8 Å². The van der Waals surface area contributed by atoms with Crippen LogP contribution in [0.2, 0.25) is 0 Å². The number of fused-ring (bicyclic) bond motifs is 1. The van der Waals surface area contributed by atoms with Gasteiger partial charge in [0.1, 0.15) is 0 Å². The van der Waals surface area contributed by atoms with Gasteiger partial charge in [-0.05, 0) is 43.9 Å². The maximum atomic E-state index is 10.5. The van der Waals surface area contributed by atoms with Crippen LogP contribution >= 0.6 is 0 Å². The van der Waals surface area contributed by atoms with Gasteiger partial charge >= 0.3 is 5.97 Å². The quantitative estimate of drug-likeness (QED) is 0.916. The molecule has 4 heteroatoms. The average Bonchev–Trinajstić information content (AvgIpc) is 3.07. The minimum Gasteiger partial charge on any atom is -0.481 e. The Morgan fingerprint density at radius 3 is 2.86 bits per heavy atom. The smallest absolute Gasteiger partial charge is 0.303 e. The summed E-state index contributed by atoms with van der Waals surface area (Å²) in [6, 6.07) is 10.1. The van der Waals surface area contributed by atoms with Gasteiger partial charge in [0.05, 0.1) is 11.4 Å². The molecule has 108 valence electrons. The van der Waals surface area contributed by atoms with Crippen LogP contribution in [0.4, 0.5) is 0 Å². The first-order valence-corrected chi connectivity index (χ1v) is 7.30. The molecular weight excluding hydrogens is 264 g/mol. The van der Waals surface area contributed by atoms with Gasteiger partial charge in [-0.3, -0.25) is 4.79 Å². The lowest BCUT2D eigenvalue weighted by Crippen LogP contribution is -2.00. The van der Waals surface area contributed by atoms with Crippen LogP contribution in [0.5, 0.6) is 0 Å². The van der Waals surface area contributed by atoms with Gasteiger partial charge in [-0.25, -0.2) is 4.68 Å². The Morgan fingerprint density at radius 1 is 1.29 bits per heavy atom. The molecule has 3 rings (SSSR count). The number of hydrogen-bond acceptors (Lipinski definition) is 2. The van der Waals surface area contributed by atoms with Crippen LogP contribution in [0.15, 0.2) is 36.4 Å². The van der Waals surface area contributed by atoms with Gasteiger partial charge in [-0.15, -0.1) is 0 Å². The number of aliphatic carboxylic acids is 1. The van der Waals surface area contributed by atoms with E-state index in [0.717, 1.165) is 30.6 Å². The van der Waals surface area contributed by atoms with Gasteiger partial charge < -0.3 is 5.11 Å². The molecule has 0 saturated heterocycles. The minimum absolute atomic E-state index is 0.165. The first kappa shape index (κ1) is 13.6. The molecule has 4 nitrogen and oxygen atoms in total. The number of rotatable bonds is 5. The predicted molar refractivity (Wildman–Crippen MR) is 81.5 cm³/mol. The number of nitrogens with zero attached hydrogens (tertiary/aromatic N) is 2. The number of aromatic nitrogens is 2. The van der Waals surface area contributed by atoms with Crippen LogP contribution < -0.4 is 0 Å². The molecule has 1 N–H and O–H groups in total. The van der Waals surface area contributed by atoms with Crippen LogP contribution in [0, 0.1) is 0 Å². The van der Waals surface area contributed by atoms with E-state index >= 15 is 0 Å². The number of carboxylic acids is 1. The second kappa shape index (κ2) is 5.95. The Kier molecular flexibility index (Phi) is 3.86. The number of carbonyl (C=O) groups is 1. The molecule has 0 bridgehead atoms. The summed E-state index contributed by atoms with van der Waals surface area (Å²) in [6.07, 6.45) is 7.86. The van der Waals surface area contributed by atoms with Crippen LogP contribution in [-0.2, 0) is 17.6 Å². The Balaban J connectivity index is 1.88. The third-order valence-corrected chi connectivity index (χ3v) is 3.76. The Hall–Kier alpha value is -2.36. The Bertz CT molecular complexity index is 672. The molecule has 0 spiro atoms. The fraction of sp³-hybridized carbons (Fsp3) is 0.294. The molecule has 0 aliphatic heterocycles. The molecular formula is C17H18N2O2. The highest BCUT2D eigenvalue weighted by Gasteiger charge is 2.21. The van der Waals surface area contributed by atoms with E-state index in [2.05, 4.69) is 12.1 Å². The molecule has 0 amide bonds. The zero-order valence-electron chi connectivity index (χ0n) is 11.8. The summed E-state index contributed by atoms with van der Waals surface area (Å²) in [7, 11) is 0. The number of allylic oxidation sites excluding steroid dienone is 1. The van der Waals surface area contributed by atoms with Crippen molar-refractivity contribution in [2.24, 2.45) is 0 Å². The third kappa shape index (κ3) is 2.89. The molecule has 1 aliphatic rings. The van der Waals surface area contributed by atoms with Crippen molar-refractivity contribution in [3.8, 4) is 5.69 Å². The largest absolute Gasteiger partial charge is 0.481 e. The van der Waals surface area contributed by atoms with Crippen molar-refractivity contribution in [1.29, 1.82) is 0 Å². The lowest BCUT2D eigenvalue weighted by atomic mass is 10.1. The summed E-state index contributed by atoms with van der Waals surface area (Å²) in [6.45, 7) is 0. The lowest BCUT2D eigenvalue weighted by molar-refractivity contribution is -0.136. The van der Waals surface area contributed by atoms with Crippen molar-refractivity contribution >= 4 is 12.0 Å². The number of para-hydroxylation sites is 1. The first-order valence-electron chi connectivity index (χ1n) is 7.30. The van der Waals surface area contributed by atoms with E-state index in [1.54, 1.807) is 0 Å². The second-order valence-electron chi connectivity index (χ2n) is 5.25. The van der Waals surface area contributed by atoms with E-state index in [1.807, 2.05) is 35.0 Å². The number of carboxylic acid groups (broad SMARTS) is 1. The van der Waals surface area contributed by atoms with Crippen molar-refractivity contribution in [3.63, 3.8) is 0 Å². The lowest BCUT2D eigenvalue weighted by Gasteiger charge is -2.04. The van der Waals surface area contributed by atoms with Crippen molar-refractivity contribution < 1.29 is 9.90 Å². The SMILES string of the molecule is O=C(O)CC/C=C/c1nn(-c2ccccc2)c2c1CCC2. The number of hydrogen-bond donors (Lipinski definition) is 1. The van der Waals surface area contributed by atoms with E-state index in [1.165, 1.54) is 11.3 Å². The maximum absolute atomic E-state index is 10.5. The van der Waals surface area contributed by atoms with E-state index in [9.17, 15) is 4.79 Å². The Morgan fingerprint density at radius 2 is 2.10 bits per heavy atom. The normalized spacial score (nSPS) is 13.7. The first-order chi connectivity index (χ1) is 10.3. The zero-order valence-corrected chi connectivity index (χ0v) is 11.8. The standard InChI is InChI=1S/C17H18N2O2/c20-17(21)12-5-4-10-15-14-9-6-11-16(14)19(18-15)13-7-2-1-3-8-13/h1-4,7-8,10H,5-6,9,11-12H2,(H,20,21)/b10-4+. The Labute approximate surface area is 123 Å². The summed E-state index contributed by atoms with van der Waals surface area (Å²) in [5, 5.41) is 13.4. The second-order valence-corrected chi connectivity index (χ2v) is 5.25. The van der Waals surface area contributed by atoms with Gasteiger partial charge in [0.25, 0.3) is 0 Å². The monoisotopic (exact) mass is 282 g/mol. The van der Waals surface area contributed by atoms with Gasteiger partial charge in [0, 0.05) is 17.7 Å². The van der Waals surface area contributed by atoms with Crippen LogP contribution in [0.1, 0.15) is 36.2 Å². The summed E-state index contributed by atoms with van der Waals surface area (Å²) in [5.41, 5.74) is 4.67. The van der Waals surface area contributed by atoms with Crippen LogP contribution in [-0.4, -0.2) is 20.9 Å². The van der Waals surface area contributed by atoms with Gasteiger partial charge in [-0.2, -0.15) is 5.10 Å². The predicted octanol–water partition coefficient (Wildman–Crippen LogP) is 3.24. The van der Waals surface area contributed by atoms with Crippen molar-refractivity contribution in [3.05, 3.63) is 53.4 Å². The van der Waals surface area contributed by atoms with Crippen molar-refractivity contribution in [2.75, 3.05) is 0 Å². The van der Waals surface area contributed by atoms with Gasteiger partial charge in [0.15, 0.2) is 0 Å². The molecule has 0 radical (unpaired) electrons. The van der Waals surface area contributed by atoms with Crippen LogP contribution in [0.3, 0.4) is 0 Å². The minimum atomic E-state index is -0.764. The maximum Gasteiger partial charge on any atom is 0.303 e. The number of benzene rings is 1.